The Hall–Kier alpha value is -1.99. The van der Waals surface area contributed by atoms with Gasteiger partial charge in [-0.3, -0.25) is 4.40 Å². The summed E-state index contributed by atoms with van der Waals surface area (Å²) in [5, 5.41) is 12.5. The molecule has 0 unspecified atom stereocenters. The maximum atomic E-state index is 4.86. The summed E-state index contributed by atoms with van der Waals surface area (Å²) in [5.41, 5.74) is 2.95. The Bertz CT molecular complexity index is 742. The average Bonchev–Trinajstić information content (AvgIpc) is 3.18. The summed E-state index contributed by atoms with van der Waals surface area (Å²) in [6.45, 7) is 4.04. The fourth-order valence-corrected chi connectivity index (χ4v) is 3.25. The third kappa shape index (κ3) is 2.28. The quantitative estimate of drug-likeness (QED) is 0.719. The third-order valence-electron chi connectivity index (χ3n) is 3.88. The van der Waals surface area contributed by atoms with Crippen LogP contribution in [0.5, 0.6) is 0 Å². The Labute approximate surface area is 126 Å². The van der Waals surface area contributed by atoms with Crippen LogP contribution in [0.2, 0.25) is 0 Å². The van der Waals surface area contributed by atoms with Crippen molar-refractivity contribution in [2.24, 2.45) is 0 Å². The molecular formula is C14H16N6S. The first-order valence-corrected chi connectivity index (χ1v) is 7.92. The predicted molar refractivity (Wildman–Crippen MR) is 83.8 cm³/mol. The summed E-state index contributed by atoms with van der Waals surface area (Å²) in [4.78, 5) is 9.49. The average molecular weight is 300 g/mol. The summed E-state index contributed by atoms with van der Waals surface area (Å²) < 4.78 is 1.97. The Morgan fingerprint density at radius 2 is 2.05 bits per heavy atom. The van der Waals surface area contributed by atoms with Gasteiger partial charge in [0, 0.05) is 43.3 Å². The molecule has 0 N–H and O–H groups in total. The number of nitrogens with zero attached hydrogens (tertiary/aromatic N) is 6. The van der Waals surface area contributed by atoms with E-state index >= 15 is 0 Å². The molecule has 4 rings (SSSR count). The van der Waals surface area contributed by atoms with Crippen molar-refractivity contribution in [3.63, 3.8) is 0 Å². The van der Waals surface area contributed by atoms with E-state index in [1.807, 2.05) is 10.6 Å². The molecule has 1 aliphatic heterocycles. The number of thiophene rings is 1. The van der Waals surface area contributed by atoms with E-state index in [0.29, 0.717) is 0 Å². The molecule has 0 bridgehead atoms. The van der Waals surface area contributed by atoms with E-state index in [4.69, 9.17) is 4.98 Å². The fourth-order valence-electron chi connectivity index (χ4n) is 2.60. The zero-order valence-electron chi connectivity index (χ0n) is 11.8. The number of likely N-dealkylation sites (N-methyl/N-ethyl adjacent to an activating group) is 1. The highest BCUT2D eigenvalue weighted by Gasteiger charge is 2.20. The maximum absolute atomic E-state index is 4.86. The molecule has 1 saturated heterocycles. The van der Waals surface area contributed by atoms with Gasteiger partial charge in [-0.05, 0) is 18.5 Å². The molecule has 4 heterocycles. The second kappa shape index (κ2) is 5.09. The highest BCUT2D eigenvalue weighted by Crippen LogP contribution is 2.26. The van der Waals surface area contributed by atoms with Crippen molar-refractivity contribution >= 4 is 22.8 Å². The molecule has 0 aliphatic carbocycles. The van der Waals surface area contributed by atoms with Crippen molar-refractivity contribution in [1.29, 1.82) is 0 Å². The Morgan fingerprint density at radius 3 is 2.81 bits per heavy atom. The van der Waals surface area contributed by atoms with Crippen molar-refractivity contribution < 1.29 is 0 Å². The molecule has 3 aromatic heterocycles. The molecule has 3 aromatic rings. The van der Waals surface area contributed by atoms with Gasteiger partial charge in [-0.15, -0.1) is 10.2 Å². The standard InChI is InChI=1S/C14H16N6S/c1-18-3-5-19(6-4-18)13-14-17-15-10-20(14)8-12(16-13)11-2-7-21-9-11/h2,7-10H,3-6H2,1H3. The van der Waals surface area contributed by atoms with Gasteiger partial charge in [0.2, 0.25) is 5.65 Å². The number of rotatable bonds is 2. The van der Waals surface area contributed by atoms with Crippen LogP contribution in [0.1, 0.15) is 0 Å². The zero-order chi connectivity index (χ0) is 14.2. The summed E-state index contributed by atoms with van der Waals surface area (Å²) in [6, 6.07) is 2.09. The zero-order valence-corrected chi connectivity index (χ0v) is 12.6. The van der Waals surface area contributed by atoms with Gasteiger partial charge in [0.25, 0.3) is 0 Å². The smallest absolute Gasteiger partial charge is 0.203 e. The van der Waals surface area contributed by atoms with Crippen LogP contribution in [0.25, 0.3) is 16.9 Å². The lowest BCUT2D eigenvalue weighted by Gasteiger charge is -2.33. The van der Waals surface area contributed by atoms with Gasteiger partial charge >= 0.3 is 0 Å². The minimum atomic E-state index is 0.832. The van der Waals surface area contributed by atoms with Crippen LogP contribution >= 0.6 is 11.3 Å². The highest BCUT2D eigenvalue weighted by molar-refractivity contribution is 7.08. The van der Waals surface area contributed by atoms with E-state index in [9.17, 15) is 0 Å². The van der Waals surface area contributed by atoms with Crippen LogP contribution < -0.4 is 4.90 Å². The minimum absolute atomic E-state index is 0.832. The molecule has 7 heteroatoms. The van der Waals surface area contributed by atoms with E-state index in [-0.39, 0.29) is 0 Å². The topological polar surface area (TPSA) is 49.6 Å². The monoisotopic (exact) mass is 300 g/mol. The Balaban J connectivity index is 1.81. The molecule has 21 heavy (non-hydrogen) atoms. The lowest BCUT2D eigenvalue weighted by molar-refractivity contribution is 0.312. The van der Waals surface area contributed by atoms with Gasteiger partial charge < -0.3 is 9.80 Å². The lowest BCUT2D eigenvalue weighted by atomic mass is 10.2. The first-order valence-electron chi connectivity index (χ1n) is 6.98. The van der Waals surface area contributed by atoms with E-state index < -0.39 is 0 Å². The SMILES string of the molecule is CN1CCN(c2nc(-c3ccsc3)cn3cnnc23)CC1. The lowest BCUT2D eigenvalue weighted by Crippen LogP contribution is -2.45. The molecule has 108 valence electrons. The number of anilines is 1. The van der Waals surface area contributed by atoms with Crippen molar-refractivity contribution in [3.8, 4) is 11.3 Å². The number of piperazine rings is 1. The molecule has 1 fully saturated rings. The molecule has 0 atom stereocenters. The summed E-state index contributed by atoms with van der Waals surface area (Å²) in [7, 11) is 2.15. The van der Waals surface area contributed by atoms with Crippen LogP contribution in [0.3, 0.4) is 0 Å². The molecule has 0 spiro atoms. The normalized spacial score (nSPS) is 16.7. The van der Waals surface area contributed by atoms with Gasteiger partial charge in [0.1, 0.15) is 6.33 Å². The van der Waals surface area contributed by atoms with Crippen LogP contribution in [-0.2, 0) is 0 Å². The first-order chi connectivity index (χ1) is 10.3. The van der Waals surface area contributed by atoms with Gasteiger partial charge in [-0.2, -0.15) is 11.3 Å². The summed E-state index contributed by atoms with van der Waals surface area (Å²) in [6.07, 6.45) is 3.74. The van der Waals surface area contributed by atoms with Gasteiger partial charge in [0.15, 0.2) is 5.82 Å². The molecule has 6 nitrogen and oxygen atoms in total. The van der Waals surface area contributed by atoms with Crippen molar-refractivity contribution in [2.45, 2.75) is 0 Å². The second-order valence-corrected chi connectivity index (χ2v) is 6.09. The van der Waals surface area contributed by atoms with E-state index in [1.165, 1.54) is 0 Å². The summed E-state index contributed by atoms with van der Waals surface area (Å²) >= 11 is 1.68. The second-order valence-electron chi connectivity index (χ2n) is 5.31. The van der Waals surface area contributed by atoms with E-state index in [1.54, 1.807) is 17.7 Å². The van der Waals surface area contributed by atoms with Crippen molar-refractivity contribution in [3.05, 3.63) is 29.4 Å². The molecule has 0 aromatic carbocycles. The molecule has 1 aliphatic rings. The molecular weight excluding hydrogens is 284 g/mol. The van der Waals surface area contributed by atoms with Gasteiger partial charge in [-0.1, -0.05) is 0 Å². The fraction of sp³-hybridized carbons (Fsp3) is 0.357. The predicted octanol–water partition coefficient (Wildman–Crippen LogP) is 1.60. The largest absolute Gasteiger partial charge is 0.351 e. The number of aromatic nitrogens is 4. The number of hydrogen-bond donors (Lipinski definition) is 0. The maximum Gasteiger partial charge on any atom is 0.203 e. The van der Waals surface area contributed by atoms with Crippen LogP contribution in [0.15, 0.2) is 29.4 Å². The summed E-state index contributed by atoms with van der Waals surface area (Å²) in [5.74, 6) is 0.935. The van der Waals surface area contributed by atoms with E-state index in [2.05, 4.69) is 43.9 Å². The number of fused-ring (bicyclic) bond motifs is 1. The number of hydrogen-bond acceptors (Lipinski definition) is 6. The van der Waals surface area contributed by atoms with Crippen LogP contribution in [0, 0.1) is 0 Å². The van der Waals surface area contributed by atoms with Gasteiger partial charge in [0.05, 0.1) is 5.69 Å². The Kier molecular flexibility index (Phi) is 3.08. The van der Waals surface area contributed by atoms with Crippen molar-refractivity contribution in [1.82, 2.24) is 24.5 Å². The van der Waals surface area contributed by atoms with E-state index in [0.717, 1.165) is 48.9 Å². The molecule has 0 saturated carbocycles. The first kappa shape index (κ1) is 12.7. The van der Waals surface area contributed by atoms with Crippen LogP contribution in [-0.4, -0.2) is 57.7 Å². The minimum Gasteiger partial charge on any atom is -0.351 e. The third-order valence-corrected chi connectivity index (χ3v) is 4.56. The molecule has 0 radical (unpaired) electrons. The van der Waals surface area contributed by atoms with Crippen LogP contribution in [0.4, 0.5) is 5.82 Å². The highest BCUT2D eigenvalue weighted by atomic mass is 32.1. The Morgan fingerprint density at radius 1 is 1.19 bits per heavy atom. The van der Waals surface area contributed by atoms with Crippen molar-refractivity contribution in [2.75, 3.05) is 38.1 Å². The van der Waals surface area contributed by atoms with Gasteiger partial charge in [-0.25, -0.2) is 4.98 Å². The molecule has 0 amide bonds.